The van der Waals surface area contributed by atoms with Crippen molar-refractivity contribution in [3.8, 4) is 5.75 Å². The molecule has 0 radical (unpaired) electrons. The smallest absolute Gasteiger partial charge is 0.274 e. The van der Waals surface area contributed by atoms with E-state index in [1.54, 1.807) is 36.4 Å². The highest BCUT2D eigenvalue weighted by molar-refractivity contribution is 5.95. The highest BCUT2D eigenvalue weighted by atomic mass is 16.3. The number of carbonyl (C=O) groups excluding carboxylic acids is 1. The quantitative estimate of drug-likeness (QED) is 0.691. The molecule has 2 aromatic rings. The first kappa shape index (κ1) is 14.8. The van der Waals surface area contributed by atoms with E-state index in [0.717, 1.165) is 0 Å². The second-order valence-electron chi connectivity index (χ2n) is 4.91. The first-order chi connectivity index (χ1) is 10.1. The molecule has 0 fully saturated rings. The van der Waals surface area contributed by atoms with Crippen molar-refractivity contribution in [3.63, 3.8) is 0 Å². The van der Waals surface area contributed by atoms with E-state index in [1.165, 1.54) is 11.2 Å². The average molecular weight is 282 g/mol. The monoisotopic (exact) mass is 282 g/mol. The summed E-state index contributed by atoms with van der Waals surface area (Å²) in [6.45, 7) is 3.78. The summed E-state index contributed by atoms with van der Waals surface area (Å²) in [5.41, 5.74) is 1.16. The molecule has 0 saturated carbocycles. The lowest BCUT2D eigenvalue weighted by molar-refractivity contribution is 0.0713. The highest BCUT2D eigenvalue weighted by Gasteiger charge is 2.17. The fourth-order valence-electron chi connectivity index (χ4n) is 1.85. The minimum atomic E-state index is -0.169. The van der Waals surface area contributed by atoms with E-state index in [4.69, 9.17) is 0 Å². The largest absolute Gasteiger partial charge is 0.507 e. The zero-order valence-electron chi connectivity index (χ0n) is 12.1. The van der Waals surface area contributed by atoms with Crippen LogP contribution in [0.15, 0.2) is 59.7 Å². The number of phenols is 1. The molecule has 4 heteroatoms. The third-order valence-corrected chi connectivity index (χ3v) is 2.98. The standard InChI is InChI=1S/C17H18N2O2/c1-13(2)19(17(21)14-8-4-3-5-9-14)18-12-15-10-6-7-11-16(15)20/h3-13,20H,1-2H3/b18-12+. The van der Waals surface area contributed by atoms with Crippen molar-refractivity contribution in [2.75, 3.05) is 0 Å². The predicted molar refractivity (Wildman–Crippen MR) is 83.4 cm³/mol. The lowest BCUT2D eigenvalue weighted by Gasteiger charge is -2.21. The lowest BCUT2D eigenvalue weighted by Crippen LogP contribution is -2.32. The molecule has 21 heavy (non-hydrogen) atoms. The molecule has 2 aromatic carbocycles. The Kier molecular flexibility index (Phi) is 4.72. The van der Waals surface area contributed by atoms with Gasteiger partial charge in [0.2, 0.25) is 0 Å². The van der Waals surface area contributed by atoms with Gasteiger partial charge in [-0.25, -0.2) is 5.01 Å². The summed E-state index contributed by atoms with van der Waals surface area (Å²) in [5, 5.41) is 15.4. The van der Waals surface area contributed by atoms with Gasteiger partial charge < -0.3 is 5.11 Å². The minimum Gasteiger partial charge on any atom is -0.507 e. The van der Waals surface area contributed by atoms with Gasteiger partial charge in [0.25, 0.3) is 5.91 Å². The first-order valence-corrected chi connectivity index (χ1v) is 6.80. The number of hydrogen-bond donors (Lipinski definition) is 1. The van der Waals surface area contributed by atoms with Gasteiger partial charge in [0, 0.05) is 11.1 Å². The van der Waals surface area contributed by atoms with Crippen molar-refractivity contribution < 1.29 is 9.90 Å². The maximum atomic E-state index is 12.4. The summed E-state index contributed by atoms with van der Waals surface area (Å²) >= 11 is 0. The van der Waals surface area contributed by atoms with E-state index in [2.05, 4.69) is 5.10 Å². The van der Waals surface area contributed by atoms with Crippen LogP contribution < -0.4 is 0 Å². The van der Waals surface area contributed by atoms with Crippen molar-refractivity contribution in [2.24, 2.45) is 5.10 Å². The van der Waals surface area contributed by atoms with E-state index in [1.807, 2.05) is 32.0 Å². The number of phenolic OH excluding ortho intramolecular Hbond substituents is 1. The number of hydrazone groups is 1. The van der Waals surface area contributed by atoms with Gasteiger partial charge in [0.05, 0.1) is 12.3 Å². The summed E-state index contributed by atoms with van der Waals surface area (Å²) < 4.78 is 0. The highest BCUT2D eigenvalue weighted by Crippen LogP contribution is 2.14. The van der Waals surface area contributed by atoms with Crippen LogP contribution in [0.4, 0.5) is 0 Å². The molecule has 0 aromatic heterocycles. The molecule has 0 aliphatic carbocycles. The van der Waals surface area contributed by atoms with E-state index < -0.39 is 0 Å². The Hall–Kier alpha value is -2.62. The minimum absolute atomic E-state index is 0.0835. The van der Waals surface area contributed by atoms with Crippen molar-refractivity contribution >= 4 is 12.1 Å². The van der Waals surface area contributed by atoms with Crippen molar-refractivity contribution in [1.29, 1.82) is 0 Å². The first-order valence-electron chi connectivity index (χ1n) is 6.80. The third kappa shape index (κ3) is 3.69. The molecule has 2 rings (SSSR count). The Balaban J connectivity index is 2.24. The van der Waals surface area contributed by atoms with Crippen molar-refractivity contribution in [1.82, 2.24) is 5.01 Å². The van der Waals surface area contributed by atoms with Crippen LogP contribution in [0.2, 0.25) is 0 Å². The maximum Gasteiger partial charge on any atom is 0.274 e. The van der Waals surface area contributed by atoms with E-state index in [-0.39, 0.29) is 17.7 Å². The predicted octanol–water partition coefficient (Wildman–Crippen LogP) is 3.28. The van der Waals surface area contributed by atoms with E-state index >= 15 is 0 Å². The maximum absolute atomic E-state index is 12.4. The molecule has 0 atom stereocenters. The molecular weight excluding hydrogens is 264 g/mol. The molecule has 0 saturated heterocycles. The molecule has 0 aliphatic rings. The van der Waals surface area contributed by atoms with Gasteiger partial charge in [-0.1, -0.05) is 30.3 Å². The normalized spacial score (nSPS) is 11.0. The molecule has 1 amide bonds. The van der Waals surface area contributed by atoms with Gasteiger partial charge in [-0.2, -0.15) is 5.10 Å². The second kappa shape index (κ2) is 6.70. The summed E-state index contributed by atoms with van der Waals surface area (Å²) in [6, 6.07) is 15.8. The molecule has 0 unspecified atom stereocenters. The Morgan fingerprint density at radius 1 is 1.10 bits per heavy atom. The summed E-state index contributed by atoms with van der Waals surface area (Å²) in [7, 11) is 0. The van der Waals surface area contributed by atoms with Crippen LogP contribution in [-0.4, -0.2) is 28.3 Å². The van der Waals surface area contributed by atoms with Crippen LogP contribution in [0.25, 0.3) is 0 Å². The summed E-state index contributed by atoms with van der Waals surface area (Å²) in [6.07, 6.45) is 1.50. The van der Waals surface area contributed by atoms with Crippen LogP contribution in [0.5, 0.6) is 5.75 Å². The number of carbonyl (C=O) groups is 1. The van der Waals surface area contributed by atoms with E-state index in [0.29, 0.717) is 11.1 Å². The number of rotatable bonds is 4. The molecule has 1 N–H and O–H groups in total. The van der Waals surface area contributed by atoms with Gasteiger partial charge in [0.1, 0.15) is 5.75 Å². The topological polar surface area (TPSA) is 52.9 Å². The van der Waals surface area contributed by atoms with Crippen LogP contribution >= 0.6 is 0 Å². The number of benzene rings is 2. The van der Waals surface area contributed by atoms with Gasteiger partial charge in [-0.05, 0) is 38.1 Å². The van der Waals surface area contributed by atoms with Gasteiger partial charge >= 0.3 is 0 Å². The molecule has 0 bridgehead atoms. The van der Waals surface area contributed by atoms with Gasteiger partial charge in [0.15, 0.2) is 0 Å². The zero-order chi connectivity index (χ0) is 15.2. The number of hydrogen-bond acceptors (Lipinski definition) is 3. The van der Waals surface area contributed by atoms with Crippen molar-refractivity contribution in [2.45, 2.75) is 19.9 Å². The molecule has 108 valence electrons. The number of amides is 1. The zero-order valence-corrected chi connectivity index (χ0v) is 12.1. The molecular formula is C17H18N2O2. The molecule has 0 aliphatic heterocycles. The molecule has 4 nitrogen and oxygen atoms in total. The fraction of sp³-hybridized carbons (Fsp3) is 0.176. The van der Waals surface area contributed by atoms with E-state index in [9.17, 15) is 9.90 Å². The summed E-state index contributed by atoms with van der Waals surface area (Å²) in [4.78, 5) is 12.4. The Morgan fingerprint density at radius 3 is 2.33 bits per heavy atom. The fourth-order valence-corrected chi connectivity index (χ4v) is 1.85. The Morgan fingerprint density at radius 2 is 1.71 bits per heavy atom. The van der Waals surface area contributed by atoms with Crippen LogP contribution in [-0.2, 0) is 0 Å². The lowest BCUT2D eigenvalue weighted by atomic mass is 10.2. The van der Waals surface area contributed by atoms with Crippen LogP contribution in [0.3, 0.4) is 0 Å². The SMILES string of the molecule is CC(C)N(/N=C/c1ccccc1O)C(=O)c1ccccc1. The third-order valence-electron chi connectivity index (χ3n) is 2.98. The number of aromatic hydroxyl groups is 1. The second-order valence-corrected chi connectivity index (χ2v) is 4.91. The number of nitrogens with zero attached hydrogens (tertiary/aromatic N) is 2. The Labute approximate surface area is 124 Å². The van der Waals surface area contributed by atoms with Crippen LogP contribution in [0.1, 0.15) is 29.8 Å². The molecule has 0 heterocycles. The van der Waals surface area contributed by atoms with Gasteiger partial charge in [-0.15, -0.1) is 0 Å². The van der Waals surface area contributed by atoms with Crippen molar-refractivity contribution in [3.05, 3.63) is 65.7 Å². The molecule has 0 spiro atoms. The summed E-state index contributed by atoms with van der Waals surface area (Å²) in [5.74, 6) is -0.0330. The van der Waals surface area contributed by atoms with Crippen LogP contribution in [0, 0.1) is 0 Å². The number of para-hydroxylation sites is 1. The average Bonchev–Trinajstić information content (AvgIpc) is 2.49. The Bertz CT molecular complexity index is 636. The van der Waals surface area contributed by atoms with Gasteiger partial charge in [-0.3, -0.25) is 4.79 Å².